The highest BCUT2D eigenvalue weighted by Crippen LogP contribution is 2.41. The molecule has 0 N–H and O–H groups in total. The van der Waals surface area contributed by atoms with Gasteiger partial charge in [-0.25, -0.2) is 0 Å². The molecule has 9 rings (SSSR count). The van der Waals surface area contributed by atoms with Crippen molar-refractivity contribution < 1.29 is 0 Å². The highest BCUT2D eigenvalue weighted by molar-refractivity contribution is 6.11. The van der Waals surface area contributed by atoms with Crippen LogP contribution in [0.25, 0.3) is 60.5 Å². The first-order valence-corrected chi connectivity index (χ1v) is 16.4. The smallest absolute Gasteiger partial charge is 0.0561 e. The lowest BCUT2D eigenvalue weighted by atomic mass is 10.0. The molecule has 48 heavy (non-hydrogen) atoms. The molecule has 2 nitrogen and oxygen atoms in total. The molecule has 2 heteroatoms. The first-order valence-electron chi connectivity index (χ1n) is 16.4. The fraction of sp³-hybridized carbons (Fsp3) is 0. The Kier molecular flexibility index (Phi) is 6.84. The molecule has 0 aliphatic heterocycles. The molecule has 0 saturated carbocycles. The minimum atomic E-state index is 1.11. The van der Waals surface area contributed by atoms with Crippen molar-refractivity contribution >= 4 is 49.6 Å². The molecule has 8 aromatic carbocycles. The van der Waals surface area contributed by atoms with E-state index < -0.39 is 0 Å². The Hall–Kier alpha value is -6.38. The summed E-state index contributed by atoms with van der Waals surface area (Å²) in [5.74, 6) is 0. The number of benzene rings is 8. The Morgan fingerprint density at radius 3 is 1.48 bits per heavy atom. The second-order valence-corrected chi connectivity index (χ2v) is 12.3. The molecule has 0 aliphatic rings. The van der Waals surface area contributed by atoms with Crippen molar-refractivity contribution in [3.8, 4) is 27.9 Å². The second-order valence-electron chi connectivity index (χ2n) is 12.3. The van der Waals surface area contributed by atoms with Crippen LogP contribution in [0, 0.1) is 0 Å². The zero-order valence-corrected chi connectivity index (χ0v) is 26.4. The normalized spacial score (nSPS) is 11.3. The minimum Gasteiger partial charge on any atom is -0.310 e. The fourth-order valence-electron chi connectivity index (χ4n) is 7.02. The van der Waals surface area contributed by atoms with Crippen molar-refractivity contribution in [2.75, 3.05) is 4.90 Å². The van der Waals surface area contributed by atoms with E-state index in [0.29, 0.717) is 0 Å². The summed E-state index contributed by atoms with van der Waals surface area (Å²) >= 11 is 0. The lowest BCUT2D eigenvalue weighted by molar-refractivity contribution is 1.18. The van der Waals surface area contributed by atoms with Gasteiger partial charge in [0.25, 0.3) is 0 Å². The van der Waals surface area contributed by atoms with E-state index in [0.717, 1.165) is 22.7 Å². The van der Waals surface area contributed by atoms with Crippen LogP contribution in [0.4, 0.5) is 17.1 Å². The summed E-state index contributed by atoms with van der Waals surface area (Å²) < 4.78 is 2.41. The van der Waals surface area contributed by atoms with Crippen molar-refractivity contribution in [3.05, 3.63) is 194 Å². The Morgan fingerprint density at radius 1 is 0.312 bits per heavy atom. The summed E-state index contributed by atoms with van der Waals surface area (Å²) in [7, 11) is 0. The number of rotatable bonds is 6. The number of hydrogen-bond acceptors (Lipinski definition) is 1. The zero-order chi connectivity index (χ0) is 31.9. The van der Waals surface area contributed by atoms with E-state index in [4.69, 9.17) is 0 Å². The first-order chi connectivity index (χ1) is 23.8. The predicted molar refractivity (Wildman–Crippen MR) is 204 cm³/mol. The number of nitrogens with zero attached hydrogens (tertiary/aromatic N) is 2. The van der Waals surface area contributed by atoms with Gasteiger partial charge in [0.15, 0.2) is 0 Å². The van der Waals surface area contributed by atoms with Crippen LogP contribution in [0.1, 0.15) is 0 Å². The number of hydrogen-bond donors (Lipinski definition) is 0. The topological polar surface area (TPSA) is 8.17 Å². The Morgan fingerprint density at radius 2 is 0.792 bits per heavy atom. The van der Waals surface area contributed by atoms with Gasteiger partial charge in [0.05, 0.1) is 11.0 Å². The highest BCUT2D eigenvalue weighted by atomic mass is 15.1. The van der Waals surface area contributed by atoms with Crippen LogP contribution in [-0.2, 0) is 0 Å². The molecule has 9 aromatic rings. The number of para-hydroxylation sites is 2. The zero-order valence-electron chi connectivity index (χ0n) is 26.4. The lowest BCUT2D eigenvalue weighted by Crippen LogP contribution is -2.10. The Balaban J connectivity index is 1.23. The van der Waals surface area contributed by atoms with Crippen LogP contribution >= 0.6 is 0 Å². The molecule has 0 aliphatic carbocycles. The van der Waals surface area contributed by atoms with Crippen molar-refractivity contribution in [1.82, 2.24) is 4.57 Å². The van der Waals surface area contributed by atoms with Crippen LogP contribution in [-0.4, -0.2) is 4.57 Å². The van der Waals surface area contributed by atoms with Gasteiger partial charge in [-0.15, -0.1) is 0 Å². The summed E-state index contributed by atoms with van der Waals surface area (Å²) in [5, 5.41) is 4.91. The van der Waals surface area contributed by atoms with Gasteiger partial charge in [-0.3, -0.25) is 0 Å². The minimum absolute atomic E-state index is 1.11. The molecule has 0 radical (unpaired) electrons. The molecule has 0 spiro atoms. The summed E-state index contributed by atoms with van der Waals surface area (Å²) in [4.78, 5) is 2.37. The number of aromatic nitrogens is 1. The summed E-state index contributed by atoms with van der Waals surface area (Å²) in [6.45, 7) is 0. The standard InChI is InChI=1S/C46H32N2/c1-5-13-33(14-6-1)35-21-22-37-30-41(25-23-36(37)29-35)47(39-17-9-3-10-18-39)42-26-28-44-43-27-24-38(34-15-7-2-8-16-34)31-45(43)48(46(44)32-42)40-19-11-4-12-20-40/h1-32H. The molecular weight excluding hydrogens is 581 g/mol. The third-order valence-corrected chi connectivity index (χ3v) is 9.33. The van der Waals surface area contributed by atoms with Crippen LogP contribution in [0.5, 0.6) is 0 Å². The largest absolute Gasteiger partial charge is 0.310 e. The summed E-state index contributed by atoms with van der Waals surface area (Å²) in [6, 6.07) is 69.9. The van der Waals surface area contributed by atoms with E-state index in [1.54, 1.807) is 0 Å². The first kappa shape index (κ1) is 27.9. The van der Waals surface area contributed by atoms with Crippen LogP contribution in [0.2, 0.25) is 0 Å². The van der Waals surface area contributed by atoms with E-state index in [2.05, 4.69) is 204 Å². The number of fused-ring (bicyclic) bond motifs is 4. The van der Waals surface area contributed by atoms with Crippen molar-refractivity contribution in [2.45, 2.75) is 0 Å². The van der Waals surface area contributed by atoms with Crippen LogP contribution < -0.4 is 4.90 Å². The lowest BCUT2D eigenvalue weighted by Gasteiger charge is -2.26. The van der Waals surface area contributed by atoms with Gasteiger partial charge in [-0.1, -0.05) is 133 Å². The maximum absolute atomic E-state index is 2.41. The van der Waals surface area contributed by atoms with Crippen LogP contribution in [0.3, 0.4) is 0 Å². The molecule has 226 valence electrons. The highest BCUT2D eigenvalue weighted by Gasteiger charge is 2.18. The average molecular weight is 613 g/mol. The fourth-order valence-corrected chi connectivity index (χ4v) is 7.02. The molecular formula is C46H32N2. The van der Waals surface area contributed by atoms with Crippen LogP contribution in [0.15, 0.2) is 194 Å². The molecule has 0 saturated heterocycles. The van der Waals surface area contributed by atoms with Crippen molar-refractivity contribution in [1.29, 1.82) is 0 Å². The van der Waals surface area contributed by atoms with Gasteiger partial charge >= 0.3 is 0 Å². The predicted octanol–water partition coefficient (Wildman–Crippen LogP) is 12.7. The Bertz CT molecular complexity index is 2530. The maximum atomic E-state index is 2.41. The second kappa shape index (κ2) is 11.8. The Labute approximate surface area is 280 Å². The van der Waals surface area contributed by atoms with E-state index in [1.165, 1.54) is 54.8 Å². The van der Waals surface area contributed by atoms with E-state index in [1.807, 2.05) is 0 Å². The third kappa shape index (κ3) is 4.92. The van der Waals surface area contributed by atoms with Gasteiger partial charge in [0.1, 0.15) is 0 Å². The quantitative estimate of drug-likeness (QED) is 0.181. The van der Waals surface area contributed by atoms with Gasteiger partial charge in [0.2, 0.25) is 0 Å². The molecule has 0 atom stereocenters. The summed E-state index contributed by atoms with van der Waals surface area (Å²) in [5.41, 5.74) is 11.7. The molecule has 1 heterocycles. The molecule has 0 fully saturated rings. The van der Waals surface area contributed by atoms with Crippen molar-refractivity contribution in [2.24, 2.45) is 0 Å². The monoisotopic (exact) mass is 612 g/mol. The molecule has 1 aromatic heterocycles. The van der Waals surface area contributed by atoms with E-state index >= 15 is 0 Å². The molecule has 0 amide bonds. The van der Waals surface area contributed by atoms with Gasteiger partial charge in [-0.05, 0) is 93.7 Å². The average Bonchev–Trinajstić information content (AvgIpc) is 3.49. The van der Waals surface area contributed by atoms with Gasteiger partial charge in [0, 0.05) is 33.5 Å². The van der Waals surface area contributed by atoms with E-state index in [9.17, 15) is 0 Å². The molecule has 0 bridgehead atoms. The number of anilines is 3. The van der Waals surface area contributed by atoms with Gasteiger partial charge in [-0.2, -0.15) is 0 Å². The van der Waals surface area contributed by atoms with E-state index in [-0.39, 0.29) is 0 Å². The molecule has 0 unspecified atom stereocenters. The third-order valence-electron chi connectivity index (χ3n) is 9.33. The summed E-state index contributed by atoms with van der Waals surface area (Å²) in [6.07, 6.45) is 0. The maximum Gasteiger partial charge on any atom is 0.0561 e. The SMILES string of the molecule is c1ccc(-c2ccc3cc(N(c4ccccc4)c4ccc5c6ccc(-c7ccccc7)cc6n(-c6ccccc6)c5c4)ccc3c2)cc1. The van der Waals surface area contributed by atoms with Crippen molar-refractivity contribution in [3.63, 3.8) is 0 Å². The van der Waals surface area contributed by atoms with Gasteiger partial charge < -0.3 is 9.47 Å².